The molecule has 24 heavy (non-hydrogen) atoms. The molecule has 0 saturated heterocycles. The highest BCUT2D eigenvalue weighted by atomic mass is 31.1. The van der Waals surface area contributed by atoms with Crippen LogP contribution in [0.25, 0.3) is 12.2 Å². The van der Waals surface area contributed by atoms with Crippen LogP contribution in [0.1, 0.15) is 11.1 Å². The van der Waals surface area contributed by atoms with E-state index in [9.17, 15) is 0 Å². The third kappa shape index (κ3) is 17.1. The second-order valence-electron chi connectivity index (χ2n) is 6.22. The van der Waals surface area contributed by atoms with Gasteiger partial charge >= 0.3 is 0 Å². The first kappa shape index (κ1) is 22.8. The lowest BCUT2D eigenvalue weighted by molar-refractivity contribution is 1.65. The van der Waals surface area contributed by atoms with E-state index in [-0.39, 0.29) is 0 Å². The van der Waals surface area contributed by atoms with Crippen molar-refractivity contribution in [3.8, 4) is 0 Å². The van der Waals surface area contributed by atoms with Gasteiger partial charge in [-0.1, -0.05) is 85.0 Å². The molecule has 0 bridgehead atoms. The van der Waals surface area contributed by atoms with Crippen molar-refractivity contribution < 1.29 is 0 Å². The molecule has 0 heterocycles. The lowest BCUT2D eigenvalue weighted by Crippen LogP contribution is -1.68. The number of hydrogen-bond donors (Lipinski definition) is 0. The molecule has 2 aromatic rings. The van der Waals surface area contributed by atoms with E-state index in [1.807, 2.05) is 36.4 Å². The molecule has 0 atom stereocenters. The van der Waals surface area contributed by atoms with Gasteiger partial charge < -0.3 is 0 Å². The SMILES string of the molecule is C(/C=C/c1ccccc1)=C\c1ccccc1.CP(C)C.CP(C)C. The summed E-state index contributed by atoms with van der Waals surface area (Å²) in [4.78, 5) is 0. The lowest BCUT2D eigenvalue weighted by atomic mass is 10.2. The van der Waals surface area contributed by atoms with Gasteiger partial charge in [-0.3, -0.25) is 0 Å². The molecule has 0 aliphatic carbocycles. The zero-order valence-corrected chi connectivity index (χ0v) is 17.8. The third-order valence-corrected chi connectivity index (χ3v) is 2.29. The van der Waals surface area contributed by atoms with E-state index in [2.05, 4.69) is 88.6 Å². The zero-order chi connectivity index (χ0) is 18.2. The van der Waals surface area contributed by atoms with Crippen molar-refractivity contribution >= 4 is 28.0 Å². The quantitative estimate of drug-likeness (QED) is 0.404. The zero-order valence-electron chi connectivity index (χ0n) is 16.0. The minimum atomic E-state index is 0.380. The van der Waals surface area contributed by atoms with Crippen LogP contribution in [-0.4, -0.2) is 40.0 Å². The van der Waals surface area contributed by atoms with Gasteiger partial charge in [-0.05, 0) is 51.1 Å². The highest BCUT2D eigenvalue weighted by molar-refractivity contribution is 7.55. The van der Waals surface area contributed by atoms with E-state index < -0.39 is 0 Å². The fourth-order valence-corrected chi connectivity index (χ4v) is 1.46. The van der Waals surface area contributed by atoms with E-state index in [4.69, 9.17) is 0 Å². The second-order valence-corrected chi connectivity index (χ2v) is 11.6. The van der Waals surface area contributed by atoms with Gasteiger partial charge in [0, 0.05) is 0 Å². The fraction of sp³-hybridized carbons (Fsp3) is 0.273. The van der Waals surface area contributed by atoms with Crippen molar-refractivity contribution in [3.63, 3.8) is 0 Å². The van der Waals surface area contributed by atoms with E-state index in [0.29, 0.717) is 15.8 Å². The first-order valence-electron chi connectivity index (χ1n) is 8.08. The second kappa shape index (κ2) is 15.3. The van der Waals surface area contributed by atoms with Crippen LogP contribution in [0.2, 0.25) is 0 Å². The summed E-state index contributed by atoms with van der Waals surface area (Å²) < 4.78 is 0. The van der Waals surface area contributed by atoms with Gasteiger partial charge in [-0.25, -0.2) is 0 Å². The van der Waals surface area contributed by atoms with Crippen molar-refractivity contribution in [2.45, 2.75) is 0 Å². The average Bonchev–Trinajstić information content (AvgIpc) is 2.53. The molecule has 0 fully saturated rings. The monoisotopic (exact) mass is 358 g/mol. The van der Waals surface area contributed by atoms with Gasteiger partial charge in [0.05, 0.1) is 0 Å². The minimum absolute atomic E-state index is 0.380. The molecular formula is C22H32P2. The van der Waals surface area contributed by atoms with Crippen molar-refractivity contribution in [2.75, 3.05) is 40.0 Å². The summed E-state index contributed by atoms with van der Waals surface area (Å²) in [7, 11) is 0.759. The maximum absolute atomic E-state index is 2.23. The molecule has 0 aromatic heterocycles. The topological polar surface area (TPSA) is 0 Å². The fourth-order valence-electron chi connectivity index (χ4n) is 1.46. The maximum atomic E-state index is 2.23. The Kier molecular flexibility index (Phi) is 14.5. The minimum Gasteiger partial charge on any atom is -0.116 e. The summed E-state index contributed by atoms with van der Waals surface area (Å²) >= 11 is 0. The molecule has 0 amide bonds. The van der Waals surface area contributed by atoms with E-state index in [0.717, 1.165) is 0 Å². The molecule has 0 spiro atoms. The summed E-state index contributed by atoms with van der Waals surface area (Å²) in [5, 5.41) is 0. The summed E-state index contributed by atoms with van der Waals surface area (Å²) in [6.07, 6.45) is 8.31. The first-order valence-corrected chi connectivity index (χ1v) is 13.4. The number of hydrogen-bond acceptors (Lipinski definition) is 0. The van der Waals surface area contributed by atoms with Gasteiger partial charge in [-0.15, -0.1) is 15.8 Å². The van der Waals surface area contributed by atoms with Crippen molar-refractivity contribution in [1.29, 1.82) is 0 Å². The largest absolute Gasteiger partial charge is 0.116 e. The summed E-state index contributed by atoms with van der Waals surface area (Å²) in [6.45, 7) is 13.4. The lowest BCUT2D eigenvalue weighted by Gasteiger charge is -1.90. The highest BCUT2D eigenvalue weighted by Gasteiger charge is 1.81. The van der Waals surface area contributed by atoms with Gasteiger partial charge in [0.1, 0.15) is 0 Å². The number of benzene rings is 2. The molecule has 0 nitrogen and oxygen atoms in total. The Morgan fingerprint density at radius 2 is 0.750 bits per heavy atom. The van der Waals surface area contributed by atoms with Crippen LogP contribution >= 0.6 is 15.8 Å². The standard InChI is InChI=1S/C16H14.2C3H9P/c1-3-9-15(10-4-1)13-7-8-14-16-11-5-2-6-12-16;2*1-4(2)3/h1-14H;2*1-3H3/b13-7+,14-8+;;. The Morgan fingerprint density at radius 1 is 0.500 bits per heavy atom. The third-order valence-electron chi connectivity index (χ3n) is 2.29. The Balaban J connectivity index is 0.000000558. The van der Waals surface area contributed by atoms with E-state index in [1.54, 1.807) is 0 Å². The van der Waals surface area contributed by atoms with Crippen LogP contribution in [0, 0.1) is 0 Å². The summed E-state index contributed by atoms with van der Waals surface area (Å²) in [5.74, 6) is 0. The first-order chi connectivity index (χ1) is 11.4. The maximum Gasteiger partial charge on any atom is -0.0257 e. The summed E-state index contributed by atoms with van der Waals surface area (Å²) in [5.41, 5.74) is 2.44. The molecular weight excluding hydrogens is 326 g/mol. The molecule has 130 valence electrons. The van der Waals surface area contributed by atoms with Crippen LogP contribution in [0.15, 0.2) is 72.8 Å². The molecule has 0 N–H and O–H groups in total. The van der Waals surface area contributed by atoms with Crippen LogP contribution < -0.4 is 0 Å². The summed E-state index contributed by atoms with van der Waals surface area (Å²) in [6, 6.07) is 20.6. The molecule has 0 aliphatic heterocycles. The number of allylic oxidation sites excluding steroid dienone is 2. The molecule has 0 saturated carbocycles. The van der Waals surface area contributed by atoms with E-state index in [1.165, 1.54) is 11.1 Å². The van der Waals surface area contributed by atoms with Gasteiger partial charge in [0.15, 0.2) is 0 Å². The van der Waals surface area contributed by atoms with Crippen molar-refractivity contribution in [1.82, 2.24) is 0 Å². The van der Waals surface area contributed by atoms with Crippen LogP contribution in [-0.2, 0) is 0 Å². The van der Waals surface area contributed by atoms with Crippen LogP contribution in [0.3, 0.4) is 0 Å². The van der Waals surface area contributed by atoms with Gasteiger partial charge in [0.2, 0.25) is 0 Å². The van der Waals surface area contributed by atoms with Crippen molar-refractivity contribution in [3.05, 3.63) is 83.9 Å². The predicted molar refractivity (Wildman–Crippen MR) is 120 cm³/mol. The van der Waals surface area contributed by atoms with Crippen LogP contribution in [0.4, 0.5) is 0 Å². The predicted octanol–water partition coefficient (Wildman–Crippen LogP) is 7.13. The molecule has 0 radical (unpaired) electrons. The molecule has 2 heteroatoms. The number of rotatable bonds is 3. The van der Waals surface area contributed by atoms with Crippen LogP contribution in [0.5, 0.6) is 0 Å². The smallest absolute Gasteiger partial charge is 0.0257 e. The Hall–Kier alpha value is -1.22. The molecule has 0 aliphatic rings. The Morgan fingerprint density at radius 3 is 1.00 bits per heavy atom. The molecule has 2 rings (SSSR count). The van der Waals surface area contributed by atoms with E-state index >= 15 is 0 Å². The normalized spacial score (nSPS) is 10.5. The van der Waals surface area contributed by atoms with Gasteiger partial charge in [0.25, 0.3) is 0 Å². The average molecular weight is 358 g/mol. The molecule has 2 aromatic carbocycles. The Labute approximate surface area is 152 Å². The van der Waals surface area contributed by atoms with Gasteiger partial charge in [-0.2, -0.15) is 0 Å². The molecule has 0 unspecified atom stereocenters. The van der Waals surface area contributed by atoms with Crippen molar-refractivity contribution in [2.24, 2.45) is 0 Å². The highest BCUT2D eigenvalue weighted by Crippen LogP contribution is 2.15. The Bertz CT molecular complexity index is 496.